The summed E-state index contributed by atoms with van der Waals surface area (Å²) in [5.41, 5.74) is 1.56. The normalized spacial score (nSPS) is 12.0. The summed E-state index contributed by atoms with van der Waals surface area (Å²) in [5.74, 6) is -0.293. The van der Waals surface area contributed by atoms with Gasteiger partial charge in [-0.1, -0.05) is 12.1 Å². The first kappa shape index (κ1) is 17.2. The Morgan fingerprint density at radius 1 is 1.33 bits per heavy atom. The second-order valence-corrected chi connectivity index (χ2v) is 5.37. The lowest BCUT2D eigenvalue weighted by Gasteiger charge is -2.18. The molecule has 0 heterocycles. The van der Waals surface area contributed by atoms with E-state index in [-0.39, 0.29) is 17.9 Å². The molecule has 0 saturated heterocycles. The first-order valence-corrected chi connectivity index (χ1v) is 7.26. The van der Waals surface area contributed by atoms with Gasteiger partial charge in [0.1, 0.15) is 6.54 Å². The number of likely N-dealkylation sites (N-methyl/N-ethyl adjacent to an activating group) is 1. The molecule has 1 atom stereocenters. The van der Waals surface area contributed by atoms with Crippen LogP contribution in [0.1, 0.15) is 36.7 Å². The molecule has 0 spiro atoms. The van der Waals surface area contributed by atoms with Crippen molar-refractivity contribution in [3.63, 3.8) is 0 Å². The van der Waals surface area contributed by atoms with Crippen molar-refractivity contribution in [3.8, 4) is 0 Å². The molecule has 5 heteroatoms. The molecule has 5 nitrogen and oxygen atoms in total. The van der Waals surface area contributed by atoms with E-state index >= 15 is 0 Å². The standard InChI is InChI=1S/C16H24N2O3/c1-5-18(11-15(19)17-12(2)3)10-13-7-6-8-14(9-13)16(20)21-4/h6-9,12H,5,10-11H2,1-4H3,(H,17,19)/p+1. The lowest BCUT2D eigenvalue weighted by atomic mass is 10.1. The number of nitrogens with one attached hydrogen (secondary N) is 2. The number of amides is 1. The van der Waals surface area contributed by atoms with Gasteiger partial charge in [-0.2, -0.15) is 0 Å². The van der Waals surface area contributed by atoms with E-state index < -0.39 is 0 Å². The van der Waals surface area contributed by atoms with Gasteiger partial charge in [-0.05, 0) is 32.9 Å². The highest BCUT2D eigenvalue weighted by Gasteiger charge is 2.15. The third-order valence-corrected chi connectivity index (χ3v) is 3.16. The van der Waals surface area contributed by atoms with E-state index in [0.29, 0.717) is 18.7 Å². The SMILES string of the molecule is CC[NH+](CC(=O)NC(C)C)Cc1cccc(C(=O)OC)c1. The monoisotopic (exact) mass is 293 g/mol. The topological polar surface area (TPSA) is 59.8 Å². The molecule has 116 valence electrons. The molecule has 1 aromatic carbocycles. The Labute approximate surface area is 126 Å². The highest BCUT2D eigenvalue weighted by molar-refractivity contribution is 5.89. The molecule has 2 N–H and O–H groups in total. The molecule has 0 saturated carbocycles. The number of esters is 1. The highest BCUT2D eigenvalue weighted by atomic mass is 16.5. The minimum atomic E-state index is -0.340. The summed E-state index contributed by atoms with van der Waals surface area (Å²) >= 11 is 0. The molecule has 1 unspecified atom stereocenters. The molecule has 0 aliphatic rings. The van der Waals surface area contributed by atoms with Gasteiger partial charge in [0.15, 0.2) is 6.54 Å². The Hall–Kier alpha value is -1.88. The molecule has 0 radical (unpaired) electrons. The summed E-state index contributed by atoms with van der Waals surface area (Å²) in [6.07, 6.45) is 0. The molecule has 0 aromatic heterocycles. The fourth-order valence-electron chi connectivity index (χ4n) is 2.13. The summed E-state index contributed by atoms with van der Waals surface area (Å²) in [7, 11) is 1.37. The molecule has 1 amide bonds. The maximum Gasteiger partial charge on any atom is 0.337 e. The maximum absolute atomic E-state index is 11.8. The Bertz CT molecular complexity index is 486. The minimum Gasteiger partial charge on any atom is -0.465 e. The average molecular weight is 293 g/mol. The zero-order valence-electron chi connectivity index (χ0n) is 13.2. The van der Waals surface area contributed by atoms with E-state index in [4.69, 9.17) is 4.74 Å². The predicted octanol–water partition coefficient (Wildman–Crippen LogP) is 0.403. The number of carbonyl (C=O) groups is 2. The van der Waals surface area contributed by atoms with Crippen LogP contribution in [0.4, 0.5) is 0 Å². The van der Waals surface area contributed by atoms with Crippen molar-refractivity contribution in [2.45, 2.75) is 33.4 Å². The van der Waals surface area contributed by atoms with Crippen LogP contribution >= 0.6 is 0 Å². The summed E-state index contributed by atoms with van der Waals surface area (Å²) in [5, 5.41) is 2.90. The summed E-state index contributed by atoms with van der Waals surface area (Å²) in [6, 6.07) is 7.50. The van der Waals surface area contributed by atoms with Crippen LogP contribution in [0.3, 0.4) is 0 Å². The van der Waals surface area contributed by atoms with E-state index in [2.05, 4.69) is 5.32 Å². The molecule has 0 fully saturated rings. The third kappa shape index (κ3) is 5.95. The second-order valence-electron chi connectivity index (χ2n) is 5.37. The van der Waals surface area contributed by atoms with Gasteiger partial charge in [-0.25, -0.2) is 4.79 Å². The van der Waals surface area contributed by atoms with Gasteiger partial charge in [0, 0.05) is 11.6 Å². The van der Waals surface area contributed by atoms with Crippen molar-refractivity contribution in [2.24, 2.45) is 0 Å². The van der Waals surface area contributed by atoms with Gasteiger partial charge in [0.25, 0.3) is 5.91 Å². The fourth-order valence-corrected chi connectivity index (χ4v) is 2.13. The zero-order chi connectivity index (χ0) is 15.8. The molecule has 1 rings (SSSR count). The first-order chi connectivity index (χ1) is 9.96. The maximum atomic E-state index is 11.8. The van der Waals surface area contributed by atoms with E-state index in [1.54, 1.807) is 6.07 Å². The highest BCUT2D eigenvalue weighted by Crippen LogP contribution is 2.05. The Morgan fingerprint density at radius 3 is 2.62 bits per heavy atom. The van der Waals surface area contributed by atoms with Crippen molar-refractivity contribution in [1.82, 2.24) is 5.32 Å². The van der Waals surface area contributed by atoms with Crippen molar-refractivity contribution in [2.75, 3.05) is 20.2 Å². The number of carbonyl (C=O) groups excluding carboxylic acids is 2. The largest absolute Gasteiger partial charge is 0.465 e. The lowest BCUT2D eigenvalue weighted by molar-refractivity contribution is -0.904. The number of ether oxygens (including phenoxy) is 1. The van der Waals surface area contributed by atoms with E-state index in [0.717, 1.165) is 17.0 Å². The molecular weight excluding hydrogens is 268 g/mol. The smallest absolute Gasteiger partial charge is 0.337 e. The molecule has 0 aliphatic heterocycles. The Kier molecular flexibility index (Phi) is 6.88. The number of benzene rings is 1. The van der Waals surface area contributed by atoms with Gasteiger partial charge < -0.3 is 15.0 Å². The van der Waals surface area contributed by atoms with Gasteiger partial charge in [0.2, 0.25) is 0 Å². The summed E-state index contributed by atoms with van der Waals surface area (Å²) < 4.78 is 4.72. The number of quaternary nitrogens is 1. The molecule has 0 aliphatic carbocycles. The number of rotatable bonds is 7. The van der Waals surface area contributed by atoms with Crippen molar-refractivity contribution < 1.29 is 19.2 Å². The lowest BCUT2D eigenvalue weighted by Crippen LogP contribution is -3.11. The molecular formula is C16H25N2O3+. The number of hydrogen-bond acceptors (Lipinski definition) is 3. The van der Waals surface area contributed by atoms with E-state index in [1.807, 2.05) is 39.0 Å². The van der Waals surface area contributed by atoms with Gasteiger partial charge in [-0.3, -0.25) is 4.79 Å². The zero-order valence-corrected chi connectivity index (χ0v) is 13.2. The Balaban J connectivity index is 2.68. The fraction of sp³-hybridized carbons (Fsp3) is 0.500. The third-order valence-electron chi connectivity index (χ3n) is 3.16. The summed E-state index contributed by atoms with van der Waals surface area (Å²) in [6.45, 7) is 7.91. The van der Waals surface area contributed by atoms with Crippen LogP contribution in [-0.2, 0) is 16.1 Å². The Morgan fingerprint density at radius 2 is 2.05 bits per heavy atom. The number of methoxy groups -OCH3 is 1. The van der Waals surface area contributed by atoms with Crippen LogP contribution in [0.15, 0.2) is 24.3 Å². The molecule has 21 heavy (non-hydrogen) atoms. The van der Waals surface area contributed by atoms with Crippen LogP contribution in [0.5, 0.6) is 0 Å². The van der Waals surface area contributed by atoms with Gasteiger partial charge in [0.05, 0.1) is 19.2 Å². The minimum absolute atomic E-state index is 0.0472. The van der Waals surface area contributed by atoms with Crippen LogP contribution in [0.25, 0.3) is 0 Å². The average Bonchev–Trinajstić information content (AvgIpc) is 2.45. The van der Waals surface area contributed by atoms with E-state index in [9.17, 15) is 9.59 Å². The first-order valence-electron chi connectivity index (χ1n) is 7.26. The van der Waals surface area contributed by atoms with Crippen molar-refractivity contribution in [1.29, 1.82) is 0 Å². The second kappa shape index (κ2) is 8.42. The summed E-state index contributed by atoms with van der Waals surface area (Å²) in [4.78, 5) is 24.5. The van der Waals surface area contributed by atoms with Crippen LogP contribution in [0.2, 0.25) is 0 Å². The van der Waals surface area contributed by atoms with Crippen LogP contribution in [0, 0.1) is 0 Å². The number of hydrogen-bond donors (Lipinski definition) is 2. The molecule has 1 aromatic rings. The van der Waals surface area contributed by atoms with Crippen molar-refractivity contribution >= 4 is 11.9 Å². The molecule has 0 bridgehead atoms. The quantitative estimate of drug-likeness (QED) is 0.716. The van der Waals surface area contributed by atoms with Crippen LogP contribution < -0.4 is 10.2 Å². The predicted molar refractivity (Wildman–Crippen MR) is 81.1 cm³/mol. The van der Waals surface area contributed by atoms with Gasteiger partial charge in [-0.15, -0.1) is 0 Å². The van der Waals surface area contributed by atoms with Crippen molar-refractivity contribution in [3.05, 3.63) is 35.4 Å². The van der Waals surface area contributed by atoms with Crippen LogP contribution in [-0.4, -0.2) is 38.1 Å². The van der Waals surface area contributed by atoms with E-state index in [1.165, 1.54) is 7.11 Å². The van der Waals surface area contributed by atoms with Gasteiger partial charge >= 0.3 is 5.97 Å².